The smallest absolute Gasteiger partial charge is 0.249 e. The number of amides is 1. The van der Waals surface area contributed by atoms with Crippen LogP contribution in [0.2, 0.25) is 0 Å². The van der Waals surface area contributed by atoms with E-state index in [-0.39, 0.29) is 5.91 Å². The monoisotopic (exact) mass is 373 g/mol. The van der Waals surface area contributed by atoms with Crippen molar-refractivity contribution in [2.24, 2.45) is 0 Å². The van der Waals surface area contributed by atoms with Gasteiger partial charge in [-0.25, -0.2) is 4.98 Å². The van der Waals surface area contributed by atoms with Gasteiger partial charge in [-0.3, -0.25) is 4.79 Å². The van der Waals surface area contributed by atoms with Crippen molar-refractivity contribution in [1.82, 2.24) is 14.9 Å². The summed E-state index contributed by atoms with van der Waals surface area (Å²) in [6, 6.07) is 18.9. The Labute approximate surface area is 164 Å². The van der Waals surface area contributed by atoms with Crippen molar-refractivity contribution in [3.8, 4) is 11.1 Å². The molecule has 1 aliphatic rings. The number of nitrogens with one attached hydrogen (secondary N) is 1. The molecule has 1 unspecified atom stereocenters. The zero-order valence-corrected chi connectivity index (χ0v) is 15.6. The van der Waals surface area contributed by atoms with Gasteiger partial charge in [0.15, 0.2) is 0 Å². The van der Waals surface area contributed by atoms with Gasteiger partial charge in [0.2, 0.25) is 5.91 Å². The summed E-state index contributed by atoms with van der Waals surface area (Å²) in [5.74, 6) is -0.0559. The van der Waals surface area contributed by atoms with Gasteiger partial charge in [0.25, 0.3) is 0 Å². The van der Waals surface area contributed by atoms with E-state index in [1.165, 1.54) is 11.1 Å². The summed E-state index contributed by atoms with van der Waals surface area (Å²) in [6.07, 6.45) is 8.03. The normalized spacial score (nSPS) is 17.0. The summed E-state index contributed by atoms with van der Waals surface area (Å²) in [7, 11) is 0. The molecular weight excluding hydrogens is 350 g/mol. The van der Waals surface area contributed by atoms with Crippen molar-refractivity contribution in [1.29, 1.82) is 0 Å². The largest absolute Gasteiger partial charge is 0.366 e. The third-order valence-electron chi connectivity index (χ3n) is 4.74. The number of rotatable bonds is 6. The molecule has 5 heteroatoms. The number of carbonyl (C=O) groups is 1. The van der Waals surface area contributed by atoms with E-state index in [1.807, 2.05) is 16.8 Å². The summed E-state index contributed by atoms with van der Waals surface area (Å²) in [6.45, 7) is 1.87. The van der Waals surface area contributed by atoms with Crippen LogP contribution in [0.5, 0.6) is 0 Å². The highest BCUT2D eigenvalue weighted by molar-refractivity contribution is 5.81. The first kappa shape index (κ1) is 18.2. The number of allylic oxidation sites excluding steroid dienone is 1. The van der Waals surface area contributed by atoms with Gasteiger partial charge in [-0.15, -0.1) is 0 Å². The lowest BCUT2D eigenvalue weighted by Crippen LogP contribution is -2.45. The fourth-order valence-electron chi connectivity index (χ4n) is 3.25. The summed E-state index contributed by atoms with van der Waals surface area (Å²) in [4.78, 5) is 16.2. The van der Waals surface area contributed by atoms with Crippen molar-refractivity contribution >= 4 is 12.0 Å². The number of benzene rings is 2. The molecule has 0 bridgehead atoms. The maximum Gasteiger partial charge on any atom is 0.249 e. The maximum absolute atomic E-state index is 11.8. The molecule has 2 aromatic carbocycles. The Morgan fingerprint density at radius 3 is 2.68 bits per heavy atom. The number of nitrogens with zero attached hydrogens (tertiary/aromatic N) is 2. The first-order valence-corrected chi connectivity index (χ1v) is 9.50. The minimum absolute atomic E-state index is 0.0559. The van der Waals surface area contributed by atoms with Gasteiger partial charge < -0.3 is 14.6 Å². The Bertz CT molecular complexity index is 945. The van der Waals surface area contributed by atoms with Crippen LogP contribution in [-0.4, -0.2) is 34.7 Å². The fourth-order valence-corrected chi connectivity index (χ4v) is 3.25. The molecule has 1 amide bonds. The van der Waals surface area contributed by atoms with Gasteiger partial charge in [-0.1, -0.05) is 66.7 Å². The van der Waals surface area contributed by atoms with Crippen molar-refractivity contribution in [3.63, 3.8) is 0 Å². The van der Waals surface area contributed by atoms with E-state index in [1.54, 1.807) is 6.33 Å². The van der Waals surface area contributed by atoms with Crippen molar-refractivity contribution in [2.75, 3.05) is 13.2 Å². The van der Waals surface area contributed by atoms with Crippen LogP contribution >= 0.6 is 0 Å². The molecule has 1 aromatic heterocycles. The van der Waals surface area contributed by atoms with Gasteiger partial charge in [0.1, 0.15) is 6.10 Å². The molecule has 0 aliphatic carbocycles. The Kier molecular flexibility index (Phi) is 5.64. The van der Waals surface area contributed by atoms with Crippen LogP contribution < -0.4 is 5.32 Å². The molecule has 28 heavy (non-hydrogen) atoms. The lowest BCUT2D eigenvalue weighted by atomic mass is 10.0. The van der Waals surface area contributed by atoms with Crippen LogP contribution in [0.1, 0.15) is 11.3 Å². The Morgan fingerprint density at radius 2 is 1.89 bits per heavy atom. The van der Waals surface area contributed by atoms with Gasteiger partial charge in [0, 0.05) is 25.7 Å². The lowest BCUT2D eigenvalue weighted by molar-refractivity contribution is -0.137. The molecule has 5 nitrogen and oxygen atoms in total. The number of morpholine rings is 1. The number of imidazole rings is 1. The molecule has 1 fully saturated rings. The summed E-state index contributed by atoms with van der Waals surface area (Å²) < 4.78 is 7.51. The molecule has 3 aromatic rings. The summed E-state index contributed by atoms with van der Waals surface area (Å²) >= 11 is 0. The van der Waals surface area contributed by atoms with E-state index in [0.29, 0.717) is 19.6 Å². The van der Waals surface area contributed by atoms with Crippen molar-refractivity contribution < 1.29 is 9.53 Å². The highest BCUT2D eigenvalue weighted by Crippen LogP contribution is 2.19. The van der Waals surface area contributed by atoms with Crippen molar-refractivity contribution in [2.45, 2.75) is 19.1 Å². The molecule has 1 N–H and O–H groups in total. The Balaban J connectivity index is 1.32. The molecule has 142 valence electrons. The first-order valence-electron chi connectivity index (χ1n) is 9.50. The fraction of sp³-hybridized carbons (Fsp3) is 0.217. The second-order valence-electron chi connectivity index (χ2n) is 6.81. The van der Waals surface area contributed by atoms with E-state index >= 15 is 0 Å². The second kappa shape index (κ2) is 8.67. The van der Waals surface area contributed by atoms with E-state index in [4.69, 9.17) is 4.74 Å². The number of hydrogen-bond donors (Lipinski definition) is 1. The number of carbonyl (C=O) groups excluding carboxylic acids is 1. The van der Waals surface area contributed by atoms with Crippen LogP contribution in [0.3, 0.4) is 0 Å². The summed E-state index contributed by atoms with van der Waals surface area (Å²) in [5, 5.41) is 2.82. The summed E-state index contributed by atoms with van der Waals surface area (Å²) in [5.41, 5.74) is 4.46. The van der Waals surface area contributed by atoms with Crippen LogP contribution in [0.15, 0.2) is 73.2 Å². The third kappa shape index (κ3) is 4.56. The lowest BCUT2D eigenvalue weighted by Gasteiger charge is -2.21. The van der Waals surface area contributed by atoms with Crippen molar-refractivity contribution in [3.05, 3.63) is 84.5 Å². The topological polar surface area (TPSA) is 56.1 Å². The van der Waals surface area contributed by atoms with E-state index in [2.05, 4.69) is 71.0 Å². The zero-order valence-electron chi connectivity index (χ0n) is 15.6. The average molecular weight is 373 g/mol. The minimum Gasteiger partial charge on any atom is -0.366 e. The van der Waals surface area contributed by atoms with E-state index in [0.717, 1.165) is 17.8 Å². The first-order chi connectivity index (χ1) is 13.8. The van der Waals surface area contributed by atoms with Crippen LogP contribution in [-0.2, 0) is 22.5 Å². The molecule has 1 atom stereocenters. The standard InChI is InChI=1S/C23H23N3O2/c27-23-22(28-14-12-24-23)15-21-16-26(17-25-21)13-4-5-18-8-10-20(11-9-18)19-6-2-1-3-7-19/h1-11,16-17,22H,12-15H2,(H,24,27). The Hall–Kier alpha value is -3.18. The molecule has 2 heterocycles. The highest BCUT2D eigenvalue weighted by atomic mass is 16.5. The van der Waals surface area contributed by atoms with Crippen LogP contribution in [0, 0.1) is 0 Å². The quantitative estimate of drug-likeness (QED) is 0.721. The third-order valence-corrected chi connectivity index (χ3v) is 4.74. The number of ether oxygens (including phenoxy) is 1. The second-order valence-corrected chi connectivity index (χ2v) is 6.81. The Morgan fingerprint density at radius 1 is 1.11 bits per heavy atom. The van der Waals surface area contributed by atoms with Gasteiger partial charge in [-0.2, -0.15) is 0 Å². The van der Waals surface area contributed by atoms with E-state index < -0.39 is 6.10 Å². The maximum atomic E-state index is 11.8. The van der Waals surface area contributed by atoms with Crippen LogP contribution in [0.25, 0.3) is 17.2 Å². The predicted octanol–water partition coefficient (Wildman–Crippen LogP) is 3.32. The molecule has 0 radical (unpaired) electrons. The molecule has 1 saturated heterocycles. The molecule has 0 spiro atoms. The average Bonchev–Trinajstić information content (AvgIpc) is 3.18. The zero-order chi connectivity index (χ0) is 19.2. The van der Waals surface area contributed by atoms with Gasteiger partial charge >= 0.3 is 0 Å². The highest BCUT2D eigenvalue weighted by Gasteiger charge is 2.23. The number of hydrogen-bond acceptors (Lipinski definition) is 3. The minimum atomic E-state index is -0.434. The number of aromatic nitrogens is 2. The van der Waals surface area contributed by atoms with Crippen LogP contribution in [0.4, 0.5) is 0 Å². The molecule has 0 saturated carbocycles. The van der Waals surface area contributed by atoms with Gasteiger partial charge in [-0.05, 0) is 16.7 Å². The molecule has 4 rings (SSSR count). The molecular formula is C23H23N3O2. The predicted molar refractivity (Wildman–Crippen MR) is 110 cm³/mol. The SMILES string of the molecule is O=C1NCCOC1Cc1cn(CC=Cc2ccc(-c3ccccc3)cc2)cn1. The van der Waals surface area contributed by atoms with E-state index in [9.17, 15) is 4.79 Å². The molecule has 1 aliphatic heterocycles. The van der Waals surface area contributed by atoms with Gasteiger partial charge in [0.05, 0.1) is 18.6 Å².